The summed E-state index contributed by atoms with van der Waals surface area (Å²) in [5.74, 6) is 0.655. The van der Waals surface area contributed by atoms with Gasteiger partial charge < -0.3 is 9.42 Å². The number of aryl methyl sites for hydroxylation is 2. The summed E-state index contributed by atoms with van der Waals surface area (Å²) in [7, 11) is 0. The van der Waals surface area contributed by atoms with Gasteiger partial charge in [0, 0.05) is 4.90 Å². The molecule has 0 aliphatic rings. The van der Waals surface area contributed by atoms with Crippen LogP contribution in [-0.2, 0) is 24.6 Å². The molecule has 2 aromatic rings. The van der Waals surface area contributed by atoms with Crippen molar-refractivity contribution in [3.8, 4) is 5.75 Å². The van der Waals surface area contributed by atoms with Crippen molar-refractivity contribution < 1.29 is 9.42 Å². The van der Waals surface area contributed by atoms with E-state index in [2.05, 4.69) is 50.2 Å². The molecule has 0 aliphatic carbocycles. The number of rotatable bonds is 20. The Bertz CT molecular complexity index is 769. The minimum absolute atomic E-state index is 0.655. The summed E-state index contributed by atoms with van der Waals surface area (Å²) in [6.45, 7) is 4.52. The lowest BCUT2D eigenvalue weighted by Gasteiger charge is -2.16. The minimum Gasteiger partial charge on any atom is -0.436 e. The summed E-state index contributed by atoms with van der Waals surface area (Å²) in [5.41, 5.74) is -0.322. The van der Waals surface area contributed by atoms with Crippen LogP contribution in [0.4, 0.5) is 0 Å². The number of unbranched alkanes of at least 4 members (excludes halogenated alkanes) is 12. The molecule has 0 spiro atoms. The standard InChI is InChI=1S/C30H47O2PS2/c1-3-5-7-9-11-13-15-17-27-19-23-29(24-20-27)32-33(31,34)35-30-25-21-28(22-26-30)18-16-14-12-10-8-6-4-2/h19-26H,3-18H2,1-2H3,(H,31,34). The fourth-order valence-corrected chi connectivity index (χ4v) is 7.81. The first-order chi connectivity index (χ1) is 17.0. The van der Waals surface area contributed by atoms with Gasteiger partial charge in [-0.25, -0.2) is 0 Å². The van der Waals surface area contributed by atoms with Crippen LogP contribution in [0.2, 0.25) is 0 Å². The SMILES string of the molecule is CCCCCCCCCc1ccc(OP(O)(=S)Sc2ccc(CCCCCCCCC)cc2)cc1. The van der Waals surface area contributed by atoms with E-state index in [0.717, 1.165) is 17.7 Å². The first kappa shape index (κ1) is 30.4. The number of benzene rings is 2. The second-order valence-electron chi connectivity index (χ2n) is 9.68. The first-order valence-corrected chi connectivity index (χ1v) is 18.0. The maximum absolute atomic E-state index is 10.8. The summed E-state index contributed by atoms with van der Waals surface area (Å²) in [4.78, 5) is 11.7. The van der Waals surface area contributed by atoms with Crippen molar-refractivity contribution in [2.45, 2.75) is 121 Å². The van der Waals surface area contributed by atoms with E-state index in [-0.39, 0.29) is 0 Å². The van der Waals surface area contributed by atoms with Gasteiger partial charge in [0.25, 0.3) is 5.69 Å². The lowest BCUT2D eigenvalue weighted by atomic mass is 10.0. The van der Waals surface area contributed by atoms with Gasteiger partial charge in [0.2, 0.25) is 0 Å². The summed E-state index contributed by atoms with van der Waals surface area (Å²) in [6, 6.07) is 16.5. The molecule has 2 rings (SSSR count). The normalized spacial score (nSPS) is 13.0. The van der Waals surface area contributed by atoms with E-state index in [1.807, 2.05) is 12.1 Å². The van der Waals surface area contributed by atoms with E-state index in [1.165, 1.54) is 112 Å². The molecule has 0 saturated heterocycles. The average Bonchev–Trinajstić information content (AvgIpc) is 2.84. The van der Waals surface area contributed by atoms with Gasteiger partial charge in [-0.3, -0.25) is 0 Å². The molecule has 0 saturated carbocycles. The van der Waals surface area contributed by atoms with Gasteiger partial charge in [-0.1, -0.05) is 115 Å². The first-order valence-electron chi connectivity index (χ1n) is 13.9. The van der Waals surface area contributed by atoms with E-state index in [0.29, 0.717) is 5.75 Å². The summed E-state index contributed by atoms with van der Waals surface area (Å²) >= 11 is 6.72. The van der Waals surface area contributed by atoms with Crippen molar-refractivity contribution in [2.75, 3.05) is 0 Å². The van der Waals surface area contributed by atoms with E-state index >= 15 is 0 Å². The molecule has 196 valence electrons. The van der Waals surface area contributed by atoms with Crippen LogP contribution in [-0.4, -0.2) is 4.89 Å². The van der Waals surface area contributed by atoms with E-state index in [4.69, 9.17) is 16.3 Å². The third kappa shape index (κ3) is 14.5. The zero-order chi connectivity index (χ0) is 25.2. The molecule has 1 atom stereocenters. The molecule has 5 heteroatoms. The third-order valence-corrected chi connectivity index (χ3v) is 10.0. The average molecular weight is 535 g/mol. The molecule has 35 heavy (non-hydrogen) atoms. The Balaban J connectivity index is 1.68. The molecular weight excluding hydrogens is 487 g/mol. The van der Waals surface area contributed by atoms with Crippen molar-refractivity contribution in [3.63, 3.8) is 0 Å². The smallest absolute Gasteiger partial charge is 0.299 e. The van der Waals surface area contributed by atoms with Crippen LogP contribution in [0.25, 0.3) is 0 Å². The van der Waals surface area contributed by atoms with E-state index in [9.17, 15) is 4.89 Å². The van der Waals surface area contributed by atoms with Crippen LogP contribution in [0.15, 0.2) is 53.4 Å². The number of hydrogen-bond acceptors (Lipinski definition) is 3. The molecule has 1 N–H and O–H groups in total. The summed E-state index contributed by atoms with van der Waals surface area (Å²) in [5, 5.41) is 0. The molecule has 1 unspecified atom stereocenters. The molecule has 0 radical (unpaired) electrons. The maximum Gasteiger partial charge on any atom is 0.299 e. The topological polar surface area (TPSA) is 29.5 Å². The van der Waals surface area contributed by atoms with Gasteiger partial charge in [0.15, 0.2) is 0 Å². The van der Waals surface area contributed by atoms with Crippen molar-refractivity contribution in [1.29, 1.82) is 0 Å². The fourth-order valence-electron chi connectivity index (χ4n) is 4.29. The molecule has 0 aliphatic heterocycles. The van der Waals surface area contributed by atoms with Crippen molar-refractivity contribution >= 4 is 28.9 Å². The van der Waals surface area contributed by atoms with Gasteiger partial charge in [0.05, 0.1) is 0 Å². The molecule has 0 aromatic heterocycles. The zero-order valence-corrected chi connectivity index (χ0v) is 24.6. The molecule has 0 fully saturated rings. The largest absolute Gasteiger partial charge is 0.436 e. The zero-order valence-electron chi connectivity index (χ0n) is 22.1. The third-order valence-electron chi connectivity index (χ3n) is 6.43. The van der Waals surface area contributed by atoms with Crippen LogP contribution in [0.3, 0.4) is 0 Å². The van der Waals surface area contributed by atoms with Crippen molar-refractivity contribution in [2.24, 2.45) is 0 Å². The summed E-state index contributed by atoms with van der Waals surface area (Å²) in [6.07, 6.45) is 20.8. The second kappa shape index (κ2) is 18.4. The Hall–Kier alpha value is -0.800. The van der Waals surface area contributed by atoms with Gasteiger partial charge in [-0.2, -0.15) is 0 Å². The Kier molecular flexibility index (Phi) is 16.0. The lowest BCUT2D eigenvalue weighted by Crippen LogP contribution is -1.91. The van der Waals surface area contributed by atoms with Gasteiger partial charge >= 0.3 is 0 Å². The van der Waals surface area contributed by atoms with Crippen LogP contribution in [0, 0.1) is 0 Å². The van der Waals surface area contributed by atoms with Crippen molar-refractivity contribution in [1.82, 2.24) is 0 Å². The Morgan fingerprint density at radius 3 is 1.49 bits per heavy atom. The Morgan fingerprint density at radius 2 is 1.03 bits per heavy atom. The fraction of sp³-hybridized carbons (Fsp3) is 0.600. The van der Waals surface area contributed by atoms with Crippen LogP contribution >= 0.6 is 17.1 Å². The highest BCUT2D eigenvalue weighted by molar-refractivity contribution is 8.67. The highest BCUT2D eigenvalue weighted by atomic mass is 32.9. The van der Waals surface area contributed by atoms with Crippen LogP contribution in [0.5, 0.6) is 5.75 Å². The predicted octanol–water partition coefficient (Wildman–Crippen LogP) is 10.7. The van der Waals surface area contributed by atoms with Gasteiger partial charge in [0.1, 0.15) is 5.75 Å². The van der Waals surface area contributed by atoms with E-state index < -0.39 is 5.69 Å². The van der Waals surface area contributed by atoms with Crippen LogP contribution in [0.1, 0.15) is 115 Å². The molecule has 0 heterocycles. The second-order valence-corrected chi connectivity index (χ2v) is 15.7. The molecular formula is C30H47O2PS2. The Morgan fingerprint density at radius 1 is 0.629 bits per heavy atom. The minimum atomic E-state index is -3.00. The highest BCUT2D eigenvalue weighted by Gasteiger charge is 2.18. The lowest BCUT2D eigenvalue weighted by molar-refractivity contribution is 0.504. The molecule has 2 aromatic carbocycles. The van der Waals surface area contributed by atoms with E-state index in [1.54, 1.807) is 0 Å². The van der Waals surface area contributed by atoms with Crippen LogP contribution < -0.4 is 4.52 Å². The van der Waals surface area contributed by atoms with Gasteiger partial charge in [-0.05, 0) is 84.3 Å². The number of hydrogen-bond donors (Lipinski definition) is 1. The van der Waals surface area contributed by atoms with Crippen molar-refractivity contribution in [3.05, 3.63) is 59.7 Å². The summed E-state index contributed by atoms with van der Waals surface area (Å²) < 4.78 is 5.84. The highest BCUT2D eigenvalue weighted by Crippen LogP contribution is 2.59. The maximum atomic E-state index is 10.8. The molecule has 2 nitrogen and oxygen atoms in total. The monoisotopic (exact) mass is 534 g/mol. The molecule has 0 bridgehead atoms. The Labute approximate surface area is 224 Å². The molecule has 0 amide bonds. The quantitative estimate of drug-likeness (QED) is 0.135. The predicted molar refractivity (Wildman–Crippen MR) is 159 cm³/mol. The van der Waals surface area contributed by atoms with Gasteiger partial charge in [-0.15, -0.1) is 0 Å².